The fourth-order valence-corrected chi connectivity index (χ4v) is 1.40. The number of hydrogen-bond acceptors (Lipinski definition) is 10. The third-order valence-corrected chi connectivity index (χ3v) is 2.04. The molecule has 92 valence electrons. The van der Waals surface area contributed by atoms with E-state index in [1.54, 1.807) is 0 Å². The van der Waals surface area contributed by atoms with Gasteiger partial charge < -0.3 is 0 Å². The monoisotopic (exact) mass is 256 g/mol. The van der Waals surface area contributed by atoms with Crippen molar-refractivity contribution in [3.63, 3.8) is 0 Å². The highest BCUT2D eigenvalue weighted by Crippen LogP contribution is 2.43. The summed E-state index contributed by atoms with van der Waals surface area (Å²) >= 11 is 0. The molecule has 0 radical (unpaired) electrons. The van der Waals surface area contributed by atoms with Crippen LogP contribution in [0.1, 0.15) is 0 Å². The van der Waals surface area contributed by atoms with Gasteiger partial charge in [-0.15, -0.1) is 0 Å². The Bertz CT molecular complexity index is 552. The van der Waals surface area contributed by atoms with Crippen LogP contribution in [0.15, 0.2) is 9.26 Å². The van der Waals surface area contributed by atoms with Gasteiger partial charge in [0.2, 0.25) is 0 Å². The Morgan fingerprint density at radius 2 is 1.06 bits per heavy atom. The van der Waals surface area contributed by atoms with Gasteiger partial charge in [0.25, 0.3) is 23.3 Å². The van der Waals surface area contributed by atoms with E-state index in [9.17, 15) is 20.2 Å². The van der Waals surface area contributed by atoms with E-state index in [1.165, 1.54) is 0 Å². The normalized spacial score (nSPS) is 13.1. The third-order valence-electron chi connectivity index (χ3n) is 2.04. The van der Waals surface area contributed by atoms with Gasteiger partial charge in [-0.2, -0.15) is 0 Å². The topological polar surface area (TPSA) is 171 Å². The summed E-state index contributed by atoms with van der Waals surface area (Å²) in [6.07, 6.45) is 0. The Labute approximate surface area is 94.5 Å². The van der Waals surface area contributed by atoms with Gasteiger partial charge in [0.15, 0.2) is 10.1 Å². The van der Waals surface area contributed by atoms with Crippen molar-refractivity contribution >= 4 is 23.3 Å². The first kappa shape index (κ1) is 9.87. The third kappa shape index (κ3) is 1.05. The van der Waals surface area contributed by atoms with Crippen LogP contribution in [0.4, 0.5) is 23.3 Å². The van der Waals surface area contributed by atoms with Gasteiger partial charge in [-0.3, -0.25) is 0 Å². The predicted molar refractivity (Wildman–Crippen MR) is 46.9 cm³/mol. The molecule has 0 saturated heterocycles. The number of nitrogens with zero attached hydrogens (tertiary/aromatic N) is 8. The predicted octanol–water partition coefficient (Wildman–Crippen LogP) is -0.574. The molecule has 2 aromatic heterocycles. The zero-order chi connectivity index (χ0) is 12.9. The highest BCUT2D eigenvalue weighted by atomic mass is 16.7. The largest absolute Gasteiger partial charge is 0.295 e. The van der Waals surface area contributed by atoms with E-state index in [-0.39, 0.29) is 0 Å². The molecule has 1 aliphatic rings. The van der Waals surface area contributed by atoms with Gasteiger partial charge in [0, 0.05) is 0 Å². The van der Waals surface area contributed by atoms with Crippen molar-refractivity contribution in [3.8, 4) is 0 Å². The van der Waals surface area contributed by atoms with Gasteiger partial charge in [0.05, 0.1) is 0 Å². The summed E-state index contributed by atoms with van der Waals surface area (Å²) in [7, 11) is 0. The van der Waals surface area contributed by atoms with Gasteiger partial charge in [0.1, 0.15) is 0 Å². The molecular weight excluding hydrogens is 256 g/mol. The second-order valence-electron chi connectivity index (χ2n) is 2.92. The molecule has 0 amide bonds. The van der Waals surface area contributed by atoms with E-state index in [1.807, 2.05) is 0 Å². The molecule has 14 nitrogen and oxygen atoms in total. The molecule has 18 heavy (non-hydrogen) atoms. The standard InChI is InChI=1S/C4N8O6/c13-11(14)9-1-2(6-17-5-1)10(12(15)16)4-3(9)7-18-8-4. The van der Waals surface area contributed by atoms with Gasteiger partial charge in [-0.1, -0.05) is 0 Å². The highest BCUT2D eigenvalue weighted by molar-refractivity contribution is 5.81. The van der Waals surface area contributed by atoms with Crippen LogP contribution in [0.25, 0.3) is 0 Å². The van der Waals surface area contributed by atoms with Crippen molar-refractivity contribution in [1.82, 2.24) is 20.6 Å². The van der Waals surface area contributed by atoms with Crippen molar-refractivity contribution in [3.05, 3.63) is 20.2 Å². The fraction of sp³-hybridized carbons (Fsp3) is 0. The highest BCUT2D eigenvalue weighted by Gasteiger charge is 2.49. The summed E-state index contributed by atoms with van der Waals surface area (Å²) in [4.78, 5) is 21.8. The van der Waals surface area contributed by atoms with Crippen LogP contribution >= 0.6 is 0 Å². The molecule has 0 spiro atoms. The summed E-state index contributed by atoms with van der Waals surface area (Å²) in [5.41, 5.74) is 0. The van der Waals surface area contributed by atoms with Crippen LogP contribution < -0.4 is 10.0 Å². The zero-order valence-electron chi connectivity index (χ0n) is 8.03. The van der Waals surface area contributed by atoms with E-state index in [2.05, 4.69) is 29.9 Å². The molecule has 14 heteroatoms. The molecule has 0 N–H and O–H groups in total. The lowest BCUT2D eigenvalue weighted by molar-refractivity contribution is -0.493. The van der Waals surface area contributed by atoms with Crippen LogP contribution in [-0.2, 0) is 0 Å². The van der Waals surface area contributed by atoms with Crippen molar-refractivity contribution < 1.29 is 19.3 Å². The number of fused-ring (bicyclic) bond motifs is 2. The van der Waals surface area contributed by atoms with Crippen LogP contribution in [0.3, 0.4) is 0 Å². The minimum atomic E-state index is -0.913. The van der Waals surface area contributed by atoms with Crippen molar-refractivity contribution in [2.75, 3.05) is 10.0 Å². The second-order valence-corrected chi connectivity index (χ2v) is 2.92. The Morgan fingerprint density at radius 3 is 1.28 bits per heavy atom. The van der Waals surface area contributed by atoms with E-state index >= 15 is 0 Å². The Morgan fingerprint density at radius 1 is 0.778 bits per heavy atom. The Balaban J connectivity index is 2.28. The van der Waals surface area contributed by atoms with Crippen molar-refractivity contribution in [1.29, 1.82) is 0 Å². The second kappa shape index (κ2) is 3.09. The lowest BCUT2D eigenvalue weighted by atomic mass is 10.4. The molecule has 0 aromatic carbocycles. The number of hydrazine groups is 2. The summed E-state index contributed by atoms with van der Waals surface area (Å²) in [6, 6.07) is 0. The van der Waals surface area contributed by atoms with Crippen molar-refractivity contribution in [2.24, 2.45) is 0 Å². The fourth-order valence-electron chi connectivity index (χ4n) is 1.40. The molecule has 0 aliphatic carbocycles. The molecular formula is C4N8O6. The van der Waals surface area contributed by atoms with Crippen LogP contribution in [0.2, 0.25) is 0 Å². The summed E-state index contributed by atoms with van der Waals surface area (Å²) in [6.45, 7) is 0. The van der Waals surface area contributed by atoms with Gasteiger partial charge >= 0.3 is 0 Å². The zero-order valence-corrected chi connectivity index (χ0v) is 8.03. The van der Waals surface area contributed by atoms with E-state index in [4.69, 9.17) is 0 Å². The minimum absolute atomic E-state index is 0.317. The van der Waals surface area contributed by atoms with E-state index in [0.717, 1.165) is 0 Å². The maximum Gasteiger partial charge on any atom is 0.295 e. The minimum Gasteiger partial charge on any atom is -0.240 e. The first-order chi connectivity index (χ1) is 8.61. The van der Waals surface area contributed by atoms with Crippen molar-refractivity contribution in [2.45, 2.75) is 0 Å². The van der Waals surface area contributed by atoms with E-state index in [0.29, 0.717) is 10.0 Å². The van der Waals surface area contributed by atoms with E-state index < -0.39 is 33.3 Å². The maximum atomic E-state index is 10.9. The number of rotatable bonds is 2. The molecule has 0 bridgehead atoms. The first-order valence-electron chi connectivity index (χ1n) is 4.15. The lowest BCUT2D eigenvalue weighted by Gasteiger charge is -2.16. The molecule has 0 atom stereocenters. The average Bonchev–Trinajstić information content (AvgIpc) is 2.91. The number of nitro groups is 2. The van der Waals surface area contributed by atoms with Crippen LogP contribution in [-0.4, -0.2) is 30.7 Å². The molecule has 0 unspecified atom stereocenters. The molecule has 0 saturated carbocycles. The number of aromatic nitrogens is 4. The van der Waals surface area contributed by atoms with Crippen LogP contribution in [0.5, 0.6) is 0 Å². The van der Waals surface area contributed by atoms with Gasteiger partial charge in [-0.05, 0) is 30.6 Å². The molecule has 0 fully saturated rings. The Kier molecular flexibility index (Phi) is 1.70. The first-order valence-corrected chi connectivity index (χ1v) is 4.15. The molecule has 1 aliphatic heterocycles. The molecule has 2 aromatic rings. The summed E-state index contributed by atoms with van der Waals surface area (Å²) in [5.74, 6) is -2.00. The maximum absolute atomic E-state index is 10.9. The average molecular weight is 256 g/mol. The molecule has 3 rings (SSSR count). The van der Waals surface area contributed by atoms with Crippen LogP contribution in [0, 0.1) is 20.2 Å². The molecule has 3 heterocycles. The SMILES string of the molecule is O=[N+]([O-])N1c2nonc2N([N+](=O)[O-])c2nonc21. The quantitative estimate of drug-likeness (QED) is 0.495. The smallest absolute Gasteiger partial charge is 0.240 e. The van der Waals surface area contributed by atoms with Gasteiger partial charge in [-0.25, -0.2) is 29.5 Å². The summed E-state index contributed by atoms with van der Waals surface area (Å²) in [5, 5.41) is 33.4. The number of anilines is 4. The summed E-state index contributed by atoms with van der Waals surface area (Å²) < 4.78 is 8.50. The Hall–Kier alpha value is -3.32. The lowest BCUT2D eigenvalue weighted by Crippen LogP contribution is -2.36. The number of hydrogen-bond donors (Lipinski definition) is 0.